The average Bonchev–Trinajstić information content (AvgIpc) is 2.84. The lowest BCUT2D eigenvalue weighted by molar-refractivity contribution is -0.387. The number of benzene rings is 1. The summed E-state index contributed by atoms with van der Waals surface area (Å²) in [5, 5.41) is 12.4. The van der Waals surface area contributed by atoms with Gasteiger partial charge in [0.2, 0.25) is 5.82 Å². The van der Waals surface area contributed by atoms with E-state index >= 15 is 0 Å². The zero-order valence-electron chi connectivity index (χ0n) is 15.9. The Morgan fingerprint density at radius 3 is 2.63 bits per heavy atom. The topological polar surface area (TPSA) is 72.2 Å². The van der Waals surface area contributed by atoms with Gasteiger partial charge in [0.1, 0.15) is 6.33 Å². The zero-order valence-corrected chi connectivity index (χ0v) is 16.7. The van der Waals surface area contributed by atoms with E-state index < -0.39 is 0 Å². The van der Waals surface area contributed by atoms with Crippen molar-refractivity contribution >= 4 is 23.3 Å². The molecule has 0 spiro atoms. The molecule has 142 valence electrons. The summed E-state index contributed by atoms with van der Waals surface area (Å²) in [4.78, 5) is 23.4. The number of aromatic nitrogens is 2. The van der Waals surface area contributed by atoms with Gasteiger partial charge in [-0.3, -0.25) is 10.1 Å². The Morgan fingerprint density at radius 2 is 1.93 bits per heavy atom. The molecule has 2 aliphatic rings. The van der Waals surface area contributed by atoms with Crippen molar-refractivity contribution in [2.24, 2.45) is 10.8 Å². The van der Waals surface area contributed by atoms with E-state index in [9.17, 15) is 10.1 Å². The summed E-state index contributed by atoms with van der Waals surface area (Å²) >= 11 is 1.32. The average molecular weight is 385 g/mol. The molecule has 1 aromatic carbocycles. The van der Waals surface area contributed by atoms with Crippen LogP contribution in [0.4, 0.5) is 11.5 Å². The quantitative estimate of drug-likeness (QED) is 0.422. The van der Waals surface area contributed by atoms with E-state index in [2.05, 4.69) is 35.6 Å². The lowest BCUT2D eigenvalue weighted by Gasteiger charge is -2.39. The van der Waals surface area contributed by atoms with Gasteiger partial charge in [-0.1, -0.05) is 50.7 Å². The molecule has 27 heavy (non-hydrogen) atoms. The van der Waals surface area contributed by atoms with Crippen LogP contribution >= 0.6 is 11.8 Å². The first-order valence-corrected chi connectivity index (χ1v) is 10.1. The molecule has 1 aromatic heterocycles. The van der Waals surface area contributed by atoms with E-state index in [0.717, 1.165) is 30.7 Å². The molecule has 0 radical (unpaired) electrons. The lowest BCUT2D eigenvalue weighted by atomic mass is 9.65. The number of anilines is 1. The second kappa shape index (κ2) is 6.48. The van der Waals surface area contributed by atoms with Crippen LogP contribution in [0.5, 0.6) is 0 Å². The van der Waals surface area contributed by atoms with Gasteiger partial charge in [0.05, 0.1) is 4.92 Å². The van der Waals surface area contributed by atoms with Crippen molar-refractivity contribution in [3.8, 4) is 0 Å². The molecule has 0 N–H and O–H groups in total. The van der Waals surface area contributed by atoms with Crippen molar-refractivity contribution in [2.45, 2.75) is 56.0 Å². The molecule has 1 saturated heterocycles. The summed E-state index contributed by atoms with van der Waals surface area (Å²) in [5.74, 6) is 0.472. The predicted octanol–water partition coefficient (Wildman–Crippen LogP) is 4.94. The van der Waals surface area contributed by atoms with Crippen molar-refractivity contribution in [1.29, 1.82) is 0 Å². The van der Waals surface area contributed by atoms with Gasteiger partial charge in [-0.15, -0.1) is 0 Å². The summed E-state index contributed by atoms with van der Waals surface area (Å²) in [6.45, 7) is 7.71. The molecule has 2 atom stereocenters. The number of rotatable bonds is 4. The van der Waals surface area contributed by atoms with Gasteiger partial charge in [0, 0.05) is 17.5 Å². The van der Waals surface area contributed by atoms with Crippen LogP contribution in [0.2, 0.25) is 0 Å². The third-order valence-corrected chi connectivity index (χ3v) is 6.60. The molecule has 1 aliphatic carbocycles. The Labute approximate surface area is 163 Å². The highest BCUT2D eigenvalue weighted by molar-refractivity contribution is 7.99. The number of fused-ring (bicyclic) bond motifs is 2. The second-order valence-electron chi connectivity index (χ2n) is 8.86. The SMILES string of the molecule is CC1(C)CC2CC(C)(CN2c2ncnc(Sc3ccccc3)c2[N+](=O)[O-])C1. The van der Waals surface area contributed by atoms with E-state index in [-0.39, 0.29) is 21.4 Å². The van der Waals surface area contributed by atoms with Crippen LogP contribution in [0.1, 0.15) is 40.0 Å². The first kappa shape index (κ1) is 18.2. The van der Waals surface area contributed by atoms with Crippen LogP contribution in [-0.4, -0.2) is 27.5 Å². The Hall–Kier alpha value is -2.15. The number of hydrogen-bond acceptors (Lipinski definition) is 6. The van der Waals surface area contributed by atoms with E-state index in [0.29, 0.717) is 16.9 Å². The van der Waals surface area contributed by atoms with Crippen LogP contribution in [0.15, 0.2) is 46.6 Å². The Kier molecular flexibility index (Phi) is 4.37. The molecule has 0 amide bonds. The fourth-order valence-corrected chi connectivity index (χ4v) is 5.99. The molecule has 4 rings (SSSR count). The highest BCUT2D eigenvalue weighted by Gasteiger charge is 2.51. The largest absolute Gasteiger partial charge is 0.347 e. The summed E-state index contributed by atoms with van der Waals surface area (Å²) in [7, 11) is 0. The zero-order chi connectivity index (χ0) is 19.2. The fourth-order valence-electron chi connectivity index (χ4n) is 5.11. The normalized spacial score (nSPS) is 26.2. The molecule has 7 heteroatoms. The van der Waals surface area contributed by atoms with E-state index in [1.54, 1.807) is 0 Å². The van der Waals surface area contributed by atoms with Crippen molar-refractivity contribution in [3.63, 3.8) is 0 Å². The van der Waals surface area contributed by atoms with Gasteiger partial charge < -0.3 is 4.90 Å². The van der Waals surface area contributed by atoms with E-state index in [4.69, 9.17) is 0 Å². The van der Waals surface area contributed by atoms with Gasteiger partial charge in [0.15, 0.2) is 5.03 Å². The third kappa shape index (κ3) is 3.52. The number of nitrogens with zero attached hydrogens (tertiary/aromatic N) is 4. The molecule has 2 unspecified atom stereocenters. The third-order valence-electron chi connectivity index (χ3n) is 5.60. The monoisotopic (exact) mass is 384 g/mol. The maximum absolute atomic E-state index is 12.0. The maximum Gasteiger partial charge on any atom is 0.343 e. The van der Waals surface area contributed by atoms with E-state index in [1.807, 2.05) is 30.3 Å². The van der Waals surface area contributed by atoms with Gasteiger partial charge >= 0.3 is 5.69 Å². The summed E-state index contributed by atoms with van der Waals surface area (Å²) in [6, 6.07) is 9.93. The fraction of sp³-hybridized carbons (Fsp3) is 0.500. The van der Waals surface area contributed by atoms with Gasteiger partial charge in [-0.25, -0.2) is 9.97 Å². The van der Waals surface area contributed by atoms with Crippen molar-refractivity contribution in [2.75, 3.05) is 11.4 Å². The van der Waals surface area contributed by atoms with Crippen LogP contribution in [0.25, 0.3) is 0 Å². The number of hydrogen-bond donors (Lipinski definition) is 0. The highest BCUT2D eigenvalue weighted by atomic mass is 32.2. The van der Waals surface area contributed by atoms with Gasteiger partial charge in [-0.2, -0.15) is 0 Å². The summed E-state index contributed by atoms with van der Waals surface area (Å²) in [5.41, 5.74) is 0.452. The molecular weight excluding hydrogens is 360 g/mol. The minimum absolute atomic E-state index is 0.0281. The van der Waals surface area contributed by atoms with Crippen LogP contribution in [0.3, 0.4) is 0 Å². The van der Waals surface area contributed by atoms with Crippen molar-refractivity contribution < 1.29 is 4.92 Å². The Balaban J connectivity index is 1.73. The Bertz CT molecular complexity index is 874. The molecule has 2 bridgehead atoms. The second-order valence-corrected chi connectivity index (χ2v) is 9.93. The predicted molar refractivity (Wildman–Crippen MR) is 106 cm³/mol. The summed E-state index contributed by atoms with van der Waals surface area (Å²) in [6.07, 6.45) is 4.70. The smallest absolute Gasteiger partial charge is 0.343 e. The van der Waals surface area contributed by atoms with Gasteiger partial charge in [-0.05, 0) is 42.2 Å². The van der Waals surface area contributed by atoms with Gasteiger partial charge in [0.25, 0.3) is 0 Å². The highest BCUT2D eigenvalue weighted by Crippen LogP contribution is 2.54. The minimum atomic E-state index is -0.323. The van der Waals surface area contributed by atoms with Crippen LogP contribution in [-0.2, 0) is 0 Å². The molecule has 1 saturated carbocycles. The first-order chi connectivity index (χ1) is 12.8. The summed E-state index contributed by atoms with van der Waals surface area (Å²) < 4.78 is 0. The van der Waals surface area contributed by atoms with Crippen molar-refractivity contribution in [1.82, 2.24) is 9.97 Å². The molecule has 2 heterocycles. The molecule has 6 nitrogen and oxygen atoms in total. The lowest BCUT2D eigenvalue weighted by Crippen LogP contribution is -2.35. The standard InChI is InChI=1S/C20H24N4O2S/c1-19(2)9-14-10-20(3,11-19)12-23(14)17-16(24(25)26)18(22-13-21-17)27-15-7-5-4-6-8-15/h4-8,13-14H,9-12H2,1-3H3. The van der Waals surface area contributed by atoms with Crippen LogP contribution in [0, 0.1) is 20.9 Å². The molecule has 1 aliphatic heterocycles. The molecule has 2 fully saturated rings. The van der Waals surface area contributed by atoms with Crippen molar-refractivity contribution in [3.05, 3.63) is 46.8 Å². The Morgan fingerprint density at radius 1 is 1.19 bits per heavy atom. The minimum Gasteiger partial charge on any atom is -0.347 e. The molecular formula is C20H24N4O2S. The van der Waals surface area contributed by atoms with E-state index in [1.165, 1.54) is 18.1 Å². The van der Waals surface area contributed by atoms with Crippen LogP contribution < -0.4 is 4.90 Å². The molecule has 2 aromatic rings. The first-order valence-electron chi connectivity index (χ1n) is 9.25. The number of nitro groups is 1. The maximum atomic E-state index is 12.0.